The fourth-order valence-corrected chi connectivity index (χ4v) is 7.66. The lowest BCUT2D eigenvalue weighted by Crippen LogP contribution is -2.59. The molecule has 5 rings (SSSR count). The van der Waals surface area contributed by atoms with Crippen LogP contribution in [0.25, 0.3) is 0 Å². The van der Waals surface area contributed by atoms with Crippen molar-refractivity contribution >= 4 is 5.78 Å². The van der Waals surface area contributed by atoms with Crippen molar-refractivity contribution in [1.29, 1.82) is 5.26 Å². The molecule has 1 aliphatic heterocycles. The highest BCUT2D eigenvalue weighted by Crippen LogP contribution is 2.72. The molecule has 0 amide bonds. The number of hydrogen-bond acceptors (Lipinski definition) is 4. The minimum absolute atomic E-state index is 0.0327. The molecular weight excluding hydrogens is 302 g/mol. The van der Waals surface area contributed by atoms with Crippen molar-refractivity contribution in [3.05, 3.63) is 0 Å². The van der Waals surface area contributed by atoms with Gasteiger partial charge >= 0.3 is 0 Å². The van der Waals surface area contributed by atoms with Gasteiger partial charge < -0.3 is 9.84 Å². The number of fused-ring (bicyclic) bond motifs is 4. The summed E-state index contributed by atoms with van der Waals surface area (Å²) in [5.74, 6) is 1.29. The summed E-state index contributed by atoms with van der Waals surface area (Å²) >= 11 is 0. The van der Waals surface area contributed by atoms with E-state index in [1.54, 1.807) is 0 Å². The number of rotatable bonds is 0. The quantitative estimate of drug-likeness (QED) is 0.694. The molecular formula is C20H27NO3. The van der Waals surface area contributed by atoms with E-state index in [9.17, 15) is 15.2 Å². The van der Waals surface area contributed by atoms with Gasteiger partial charge in [-0.25, -0.2) is 0 Å². The maximum Gasteiger partial charge on any atom is 0.181 e. The van der Waals surface area contributed by atoms with E-state index in [2.05, 4.69) is 19.9 Å². The van der Waals surface area contributed by atoms with Crippen LogP contribution in [0.3, 0.4) is 0 Å². The van der Waals surface area contributed by atoms with Crippen molar-refractivity contribution in [3.63, 3.8) is 0 Å². The molecule has 4 aliphatic carbocycles. The molecule has 0 aromatic carbocycles. The Morgan fingerprint density at radius 3 is 2.71 bits per heavy atom. The van der Waals surface area contributed by atoms with Gasteiger partial charge in [0, 0.05) is 5.41 Å². The van der Waals surface area contributed by atoms with Crippen LogP contribution >= 0.6 is 0 Å². The first kappa shape index (κ1) is 15.3. The first-order chi connectivity index (χ1) is 11.4. The van der Waals surface area contributed by atoms with Gasteiger partial charge in [0.15, 0.2) is 5.78 Å². The molecule has 5 fully saturated rings. The number of carbonyl (C=O) groups is 1. The predicted octanol–water partition coefficient (Wildman–Crippen LogP) is 2.84. The third-order valence-corrected chi connectivity index (χ3v) is 9.10. The number of hydrogen-bond donors (Lipinski definition) is 1. The van der Waals surface area contributed by atoms with Gasteiger partial charge in [-0.15, -0.1) is 0 Å². The minimum Gasteiger partial charge on any atom is -0.393 e. The number of carbonyl (C=O) groups excluding carboxylic acids is 1. The Balaban J connectivity index is 1.53. The maximum atomic E-state index is 12.4. The number of aliphatic hydroxyl groups excluding tert-OH is 1. The van der Waals surface area contributed by atoms with Crippen molar-refractivity contribution in [2.45, 2.75) is 76.6 Å². The lowest BCUT2D eigenvalue weighted by Gasteiger charge is -2.59. The summed E-state index contributed by atoms with van der Waals surface area (Å²) in [5, 5.41) is 20.0. The fourth-order valence-electron chi connectivity index (χ4n) is 7.66. The van der Waals surface area contributed by atoms with Crippen LogP contribution in [0.2, 0.25) is 0 Å². The zero-order valence-electron chi connectivity index (χ0n) is 14.6. The summed E-state index contributed by atoms with van der Waals surface area (Å²) in [6.45, 7) is 4.59. The summed E-state index contributed by atoms with van der Waals surface area (Å²) in [4.78, 5) is 12.4. The lowest BCUT2D eigenvalue weighted by atomic mass is 9.44. The molecule has 1 heterocycles. The van der Waals surface area contributed by atoms with Gasteiger partial charge in [0.1, 0.15) is 17.6 Å². The first-order valence-electron chi connectivity index (χ1n) is 9.67. The van der Waals surface area contributed by atoms with Gasteiger partial charge in [0.2, 0.25) is 0 Å². The second kappa shape index (κ2) is 4.43. The van der Waals surface area contributed by atoms with Crippen molar-refractivity contribution in [2.75, 3.05) is 0 Å². The predicted molar refractivity (Wildman–Crippen MR) is 86.7 cm³/mol. The molecule has 130 valence electrons. The molecule has 1 unspecified atom stereocenters. The van der Waals surface area contributed by atoms with Gasteiger partial charge in [0.25, 0.3) is 0 Å². The van der Waals surface area contributed by atoms with Crippen molar-refractivity contribution in [3.8, 4) is 6.07 Å². The summed E-state index contributed by atoms with van der Waals surface area (Å²) in [5.41, 5.74) is -0.252. The number of nitrogens with zero attached hydrogens (tertiary/aromatic N) is 1. The van der Waals surface area contributed by atoms with Gasteiger partial charge in [-0.2, -0.15) is 5.26 Å². The SMILES string of the molecule is C[C@]12CC[C@H]3[C@@H](CCC45O[C@H]4C(=O)[C@H](C#N)C[C@]35C)[C@@H]1CC[C@@H]2O. The van der Waals surface area contributed by atoms with Crippen LogP contribution in [-0.2, 0) is 9.53 Å². The highest BCUT2D eigenvalue weighted by Gasteiger charge is 2.78. The smallest absolute Gasteiger partial charge is 0.181 e. The van der Waals surface area contributed by atoms with E-state index in [1.165, 1.54) is 0 Å². The van der Waals surface area contributed by atoms with Crippen LogP contribution in [0.15, 0.2) is 0 Å². The zero-order chi connectivity index (χ0) is 16.9. The topological polar surface area (TPSA) is 73.6 Å². The monoisotopic (exact) mass is 329 g/mol. The molecule has 1 spiro atoms. The molecule has 0 radical (unpaired) electrons. The second-order valence-electron chi connectivity index (χ2n) is 9.65. The van der Waals surface area contributed by atoms with Crippen molar-refractivity contribution in [2.24, 2.45) is 34.5 Å². The Labute approximate surface area is 143 Å². The summed E-state index contributed by atoms with van der Waals surface area (Å²) in [7, 11) is 0. The summed E-state index contributed by atoms with van der Waals surface area (Å²) in [6, 6.07) is 2.25. The van der Waals surface area contributed by atoms with Crippen LogP contribution in [0.1, 0.15) is 58.8 Å². The summed E-state index contributed by atoms with van der Waals surface area (Å²) < 4.78 is 6.07. The summed E-state index contributed by atoms with van der Waals surface area (Å²) in [6.07, 6.45) is 6.53. The molecule has 24 heavy (non-hydrogen) atoms. The average Bonchev–Trinajstić information content (AvgIpc) is 3.23. The van der Waals surface area contributed by atoms with E-state index in [0.717, 1.165) is 38.5 Å². The van der Waals surface area contributed by atoms with Crippen LogP contribution in [-0.4, -0.2) is 28.7 Å². The maximum absolute atomic E-state index is 12.4. The normalized spacial score (nSPS) is 61.2. The Morgan fingerprint density at radius 2 is 1.96 bits per heavy atom. The molecule has 0 aromatic rings. The van der Waals surface area contributed by atoms with Gasteiger partial charge in [-0.1, -0.05) is 13.8 Å². The molecule has 1 saturated heterocycles. The van der Waals surface area contributed by atoms with E-state index in [1.807, 2.05) is 0 Å². The molecule has 1 N–H and O–H groups in total. The average molecular weight is 329 g/mol. The van der Waals surface area contributed by atoms with Crippen LogP contribution in [0.5, 0.6) is 0 Å². The molecule has 0 aromatic heterocycles. The standard InChI is InChI=1S/C20H27NO3/c1-18-7-6-14-12(13(18)3-4-15(18)22)5-8-20-17(24-20)16(23)11(10-21)9-19(14,20)2/h11-15,17,22H,3-9H2,1-2H3/t11-,12-,13-,14-,15-,17-,18-,19+,20?/m0/s1. The highest BCUT2D eigenvalue weighted by atomic mass is 16.6. The fraction of sp³-hybridized carbons (Fsp3) is 0.900. The number of nitriles is 1. The molecule has 9 atom stereocenters. The molecule has 4 heteroatoms. The van der Waals surface area contributed by atoms with Gasteiger partial charge in [-0.05, 0) is 68.1 Å². The number of epoxide rings is 1. The Kier molecular flexibility index (Phi) is 2.83. The molecule has 5 aliphatic rings. The van der Waals surface area contributed by atoms with Crippen LogP contribution < -0.4 is 0 Å². The van der Waals surface area contributed by atoms with Crippen molar-refractivity contribution < 1.29 is 14.6 Å². The Hall–Kier alpha value is -0.920. The Bertz CT molecular complexity index is 656. The van der Waals surface area contributed by atoms with Crippen molar-refractivity contribution in [1.82, 2.24) is 0 Å². The Morgan fingerprint density at radius 1 is 1.17 bits per heavy atom. The zero-order valence-corrected chi connectivity index (χ0v) is 14.6. The van der Waals surface area contributed by atoms with Crippen LogP contribution in [0, 0.1) is 45.8 Å². The van der Waals surface area contributed by atoms with E-state index < -0.39 is 5.92 Å². The van der Waals surface area contributed by atoms with Crippen LogP contribution in [0.4, 0.5) is 0 Å². The van der Waals surface area contributed by atoms with E-state index in [4.69, 9.17) is 4.74 Å². The lowest BCUT2D eigenvalue weighted by molar-refractivity contribution is -0.138. The molecule has 4 saturated carbocycles. The molecule has 4 nitrogen and oxygen atoms in total. The van der Waals surface area contributed by atoms with E-state index >= 15 is 0 Å². The largest absolute Gasteiger partial charge is 0.393 e. The molecule has 0 bridgehead atoms. The van der Waals surface area contributed by atoms with Gasteiger partial charge in [0.05, 0.1) is 12.2 Å². The van der Waals surface area contributed by atoms with E-state index in [0.29, 0.717) is 24.2 Å². The van der Waals surface area contributed by atoms with E-state index in [-0.39, 0.29) is 34.4 Å². The third-order valence-electron chi connectivity index (χ3n) is 9.10. The number of ether oxygens (including phenoxy) is 1. The number of ketones is 1. The minimum atomic E-state index is -0.489. The van der Waals surface area contributed by atoms with Gasteiger partial charge in [-0.3, -0.25) is 4.79 Å². The second-order valence-corrected chi connectivity index (χ2v) is 9.65. The highest BCUT2D eigenvalue weighted by molar-refractivity contribution is 5.92. The third kappa shape index (κ3) is 1.51. The first-order valence-corrected chi connectivity index (χ1v) is 9.67. The number of aliphatic hydroxyl groups is 1. The number of Topliss-reactive ketones (excluding diaryl/α,β-unsaturated/α-hetero) is 1.